The lowest BCUT2D eigenvalue weighted by molar-refractivity contribution is 0.0507. The summed E-state index contributed by atoms with van der Waals surface area (Å²) in [7, 11) is 0. The molecule has 27 heavy (non-hydrogen) atoms. The minimum Gasteiger partial charge on any atom is -0.376 e. The maximum Gasteiger partial charge on any atom is 0.254 e. The molecule has 1 aliphatic rings. The van der Waals surface area contributed by atoms with Crippen LogP contribution in [0.2, 0.25) is 0 Å². The lowest BCUT2D eigenvalue weighted by Crippen LogP contribution is -2.37. The van der Waals surface area contributed by atoms with Crippen LogP contribution in [-0.2, 0) is 11.3 Å². The van der Waals surface area contributed by atoms with Crippen LogP contribution in [0, 0.1) is 6.92 Å². The Morgan fingerprint density at radius 2 is 2.15 bits per heavy atom. The van der Waals surface area contributed by atoms with E-state index in [9.17, 15) is 4.79 Å². The van der Waals surface area contributed by atoms with Crippen molar-refractivity contribution in [2.75, 3.05) is 13.2 Å². The Balaban J connectivity index is 1.62. The number of nitrogens with one attached hydrogen (secondary N) is 1. The molecule has 4 nitrogen and oxygen atoms in total. The third-order valence-electron chi connectivity index (χ3n) is 5.11. The fourth-order valence-corrected chi connectivity index (χ4v) is 4.23. The topological polar surface area (TPSA) is 45.3 Å². The number of aryl methyl sites for hydroxylation is 1. The van der Waals surface area contributed by atoms with Crippen molar-refractivity contribution < 1.29 is 9.53 Å². The summed E-state index contributed by atoms with van der Waals surface area (Å²) in [6.07, 6.45) is 4.09. The molecule has 0 saturated carbocycles. The number of ether oxygens (including phenoxy) is 1. The van der Waals surface area contributed by atoms with E-state index in [2.05, 4.69) is 46.0 Å². The van der Waals surface area contributed by atoms with Crippen molar-refractivity contribution in [3.05, 3.63) is 69.8 Å². The van der Waals surface area contributed by atoms with E-state index in [1.165, 1.54) is 5.56 Å². The third-order valence-corrected chi connectivity index (χ3v) is 5.84. The number of hydrogen-bond acceptors (Lipinski definition) is 2. The molecule has 1 saturated heterocycles. The van der Waals surface area contributed by atoms with Gasteiger partial charge in [0.25, 0.3) is 5.91 Å². The van der Waals surface area contributed by atoms with Crippen LogP contribution in [0.3, 0.4) is 0 Å². The second kappa shape index (κ2) is 7.87. The number of hydrogen-bond donors (Lipinski definition) is 1. The van der Waals surface area contributed by atoms with Gasteiger partial charge in [-0.3, -0.25) is 4.79 Å². The number of carbonyl (C=O) groups excluding carboxylic acids is 1. The van der Waals surface area contributed by atoms with Gasteiger partial charge >= 0.3 is 0 Å². The predicted molar refractivity (Wildman–Crippen MR) is 111 cm³/mol. The Bertz CT molecular complexity index is 960. The summed E-state index contributed by atoms with van der Waals surface area (Å²) in [6, 6.07) is 14.1. The number of aromatic nitrogens is 1. The van der Waals surface area contributed by atoms with Crippen molar-refractivity contribution in [2.45, 2.75) is 32.4 Å². The molecule has 1 atom stereocenters. The second-order valence-electron chi connectivity index (χ2n) is 7.20. The first-order chi connectivity index (χ1) is 13.1. The van der Waals surface area contributed by atoms with Gasteiger partial charge in [-0.25, -0.2) is 0 Å². The van der Waals surface area contributed by atoms with E-state index >= 15 is 0 Å². The first-order valence-electron chi connectivity index (χ1n) is 9.33. The second-order valence-corrected chi connectivity index (χ2v) is 8.05. The number of rotatable bonds is 5. The Labute approximate surface area is 167 Å². The number of nitrogens with zero attached hydrogens (tertiary/aromatic N) is 1. The summed E-state index contributed by atoms with van der Waals surface area (Å²) in [5, 5.41) is 1.05. The zero-order valence-corrected chi connectivity index (χ0v) is 17.0. The van der Waals surface area contributed by atoms with Crippen molar-refractivity contribution in [2.24, 2.45) is 0 Å². The number of benzene rings is 2. The molecule has 1 aromatic heterocycles. The molecular weight excluding hydrogens is 404 g/mol. The van der Waals surface area contributed by atoms with E-state index in [1.54, 1.807) is 0 Å². The highest BCUT2D eigenvalue weighted by Gasteiger charge is 2.24. The molecule has 0 spiro atoms. The molecule has 4 rings (SSSR count). The van der Waals surface area contributed by atoms with Crippen LogP contribution >= 0.6 is 15.9 Å². The fraction of sp³-hybridized carbons (Fsp3) is 0.318. The quantitative estimate of drug-likeness (QED) is 0.619. The molecule has 140 valence electrons. The molecule has 1 N–H and O–H groups in total. The molecule has 1 fully saturated rings. The summed E-state index contributed by atoms with van der Waals surface area (Å²) >= 11 is 3.65. The highest BCUT2D eigenvalue weighted by Crippen LogP contribution is 2.24. The van der Waals surface area contributed by atoms with E-state index in [1.807, 2.05) is 35.4 Å². The minimum atomic E-state index is 0.0427. The van der Waals surface area contributed by atoms with E-state index in [0.29, 0.717) is 18.7 Å². The first kappa shape index (κ1) is 18.3. The van der Waals surface area contributed by atoms with Gasteiger partial charge in [0.05, 0.1) is 6.10 Å². The SMILES string of the molecule is Cc1ccc(CN(CC2CCCO2)C(=O)c2ccc3[nH]ccc3c2)c(Br)c1. The largest absolute Gasteiger partial charge is 0.376 e. The van der Waals surface area contributed by atoms with Gasteiger partial charge in [0.15, 0.2) is 0 Å². The molecule has 3 aromatic rings. The Morgan fingerprint density at radius 3 is 2.93 bits per heavy atom. The van der Waals surface area contributed by atoms with Crippen molar-refractivity contribution in [1.29, 1.82) is 0 Å². The lowest BCUT2D eigenvalue weighted by atomic mass is 10.1. The van der Waals surface area contributed by atoms with Crippen LogP contribution in [0.15, 0.2) is 53.1 Å². The lowest BCUT2D eigenvalue weighted by Gasteiger charge is -2.26. The molecule has 2 aromatic carbocycles. The molecule has 0 bridgehead atoms. The van der Waals surface area contributed by atoms with Gasteiger partial charge in [0.2, 0.25) is 0 Å². The zero-order valence-electron chi connectivity index (χ0n) is 15.4. The molecule has 0 radical (unpaired) electrons. The van der Waals surface area contributed by atoms with E-state index < -0.39 is 0 Å². The normalized spacial score (nSPS) is 16.7. The van der Waals surface area contributed by atoms with E-state index in [0.717, 1.165) is 40.4 Å². The summed E-state index contributed by atoms with van der Waals surface area (Å²) in [5.41, 5.74) is 4.05. The van der Waals surface area contributed by atoms with Gasteiger partial charge in [0.1, 0.15) is 0 Å². The van der Waals surface area contributed by atoms with E-state index in [-0.39, 0.29) is 12.0 Å². The van der Waals surface area contributed by atoms with Crippen molar-refractivity contribution in [3.8, 4) is 0 Å². The first-order valence-corrected chi connectivity index (χ1v) is 10.1. The number of halogens is 1. The van der Waals surface area contributed by atoms with Crippen molar-refractivity contribution >= 4 is 32.7 Å². The van der Waals surface area contributed by atoms with E-state index in [4.69, 9.17) is 4.74 Å². The summed E-state index contributed by atoms with van der Waals surface area (Å²) in [6.45, 7) is 4.03. The highest BCUT2D eigenvalue weighted by atomic mass is 79.9. The van der Waals surface area contributed by atoms with Crippen LogP contribution in [0.1, 0.15) is 34.3 Å². The average Bonchev–Trinajstić information content (AvgIpc) is 3.33. The number of aromatic amines is 1. The van der Waals surface area contributed by atoms with Crippen LogP contribution in [0.25, 0.3) is 10.9 Å². The molecule has 2 heterocycles. The summed E-state index contributed by atoms with van der Waals surface area (Å²) in [4.78, 5) is 18.4. The van der Waals surface area contributed by atoms with Crippen molar-refractivity contribution in [3.63, 3.8) is 0 Å². The monoisotopic (exact) mass is 426 g/mol. The molecular formula is C22H23BrN2O2. The van der Waals surface area contributed by atoms with Crippen LogP contribution < -0.4 is 0 Å². The standard InChI is InChI=1S/C22H23BrN2O2/c1-15-4-5-18(20(23)11-15)13-25(14-19-3-2-10-27-19)22(26)17-6-7-21-16(12-17)8-9-24-21/h4-9,11-12,19,24H,2-3,10,13-14H2,1H3. The average molecular weight is 427 g/mol. The number of H-pyrrole nitrogens is 1. The van der Waals surface area contributed by atoms with Gasteiger partial charge in [-0.1, -0.05) is 28.1 Å². The molecule has 1 amide bonds. The van der Waals surface area contributed by atoms with Gasteiger partial charge < -0.3 is 14.6 Å². The minimum absolute atomic E-state index is 0.0427. The number of fused-ring (bicyclic) bond motifs is 1. The number of carbonyl (C=O) groups is 1. The van der Waals surface area contributed by atoms with Crippen LogP contribution in [0.4, 0.5) is 0 Å². The Kier molecular flexibility index (Phi) is 5.32. The smallest absolute Gasteiger partial charge is 0.254 e. The molecule has 1 aliphatic heterocycles. The van der Waals surface area contributed by atoms with Gasteiger partial charge in [-0.05, 0) is 61.2 Å². The molecule has 1 unspecified atom stereocenters. The Hall–Kier alpha value is -2.11. The maximum atomic E-state index is 13.3. The highest BCUT2D eigenvalue weighted by molar-refractivity contribution is 9.10. The van der Waals surface area contributed by atoms with Gasteiger partial charge in [0, 0.05) is 46.8 Å². The van der Waals surface area contributed by atoms with Crippen LogP contribution in [0.5, 0.6) is 0 Å². The Morgan fingerprint density at radius 1 is 1.26 bits per heavy atom. The molecule has 5 heteroatoms. The van der Waals surface area contributed by atoms with Gasteiger partial charge in [-0.2, -0.15) is 0 Å². The summed E-state index contributed by atoms with van der Waals surface area (Å²) in [5.74, 6) is 0.0427. The van der Waals surface area contributed by atoms with Crippen molar-refractivity contribution in [1.82, 2.24) is 9.88 Å². The van der Waals surface area contributed by atoms with Crippen LogP contribution in [-0.4, -0.2) is 35.0 Å². The number of amides is 1. The summed E-state index contributed by atoms with van der Waals surface area (Å²) < 4.78 is 6.84. The van der Waals surface area contributed by atoms with Gasteiger partial charge in [-0.15, -0.1) is 0 Å². The third kappa shape index (κ3) is 4.09. The predicted octanol–water partition coefficient (Wildman–Crippen LogP) is 5.06. The molecule has 0 aliphatic carbocycles. The zero-order chi connectivity index (χ0) is 18.8. The fourth-order valence-electron chi connectivity index (χ4n) is 3.61. The maximum absolute atomic E-state index is 13.3.